The summed E-state index contributed by atoms with van der Waals surface area (Å²) in [6, 6.07) is 11.1. The molecule has 25 heavy (non-hydrogen) atoms. The zero-order chi connectivity index (χ0) is 18.0. The van der Waals surface area contributed by atoms with Crippen LogP contribution in [-0.2, 0) is 4.79 Å². The Morgan fingerprint density at radius 3 is 2.72 bits per heavy atom. The van der Waals surface area contributed by atoms with Crippen LogP contribution < -0.4 is 0 Å². The minimum atomic E-state index is -0.891. The molecule has 0 saturated carbocycles. The van der Waals surface area contributed by atoms with Crippen molar-refractivity contribution in [3.8, 4) is 0 Å². The summed E-state index contributed by atoms with van der Waals surface area (Å²) in [6.45, 7) is 3.45. The second-order valence-corrected chi connectivity index (χ2v) is 7.65. The molecule has 0 amide bonds. The van der Waals surface area contributed by atoms with Crippen molar-refractivity contribution in [2.24, 2.45) is 0 Å². The first-order valence-corrected chi connectivity index (χ1v) is 9.48. The number of aromatic nitrogens is 2. The van der Waals surface area contributed by atoms with Crippen LogP contribution in [0.25, 0.3) is 10.9 Å². The number of fused-ring (bicyclic) bond motifs is 1. The number of hydrogen-bond acceptors (Lipinski definition) is 6. The van der Waals surface area contributed by atoms with Gasteiger partial charge in [-0.05, 0) is 32.0 Å². The first-order chi connectivity index (χ1) is 12.0. The van der Waals surface area contributed by atoms with Crippen molar-refractivity contribution in [3.05, 3.63) is 52.0 Å². The fraction of sp³-hybridized carbons (Fsp3) is 0.222. The number of carbonyl (C=O) groups excluding carboxylic acids is 1. The Labute approximate surface area is 153 Å². The van der Waals surface area contributed by atoms with E-state index in [4.69, 9.17) is 5.11 Å². The van der Waals surface area contributed by atoms with Crippen LogP contribution >= 0.6 is 23.1 Å². The summed E-state index contributed by atoms with van der Waals surface area (Å²) in [4.78, 5) is 33.6. The fourth-order valence-electron chi connectivity index (χ4n) is 2.33. The number of thioether (sulfide) groups is 1. The van der Waals surface area contributed by atoms with Gasteiger partial charge in [0.25, 0.3) is 0 Å². The molecule has 128 valence electrons. The zero-order valence-corrected chi connectivity index (χ0v) is 15.4. The molecule has 7 heteroatoms. The van der Waals surface area contributed by atoms with Crippen molar-refractivity contribution in [1.82, 2.24) is 9.97 Å². The van der Waals surface area contributed by atoms with E-state index < -0.39 is 11.9 Å². The number of Topliss-reactive ketones (excluding diaryl/α,β-unsaturated/α-hetero) is 1. The van der Waals surface area contributed by atoms with Crippen LogP contribution in [0.2, 0.25) is 0 Å². The second-order valence-electron chi connectivity index (χ2n) is 5.57. The Kier molecular flexibility index (Phi) is 5.15. The van der Waals surface area contributed by atoms with Gasteiger partial charge in [0.15, 0.2) is 5.78 Å². The van der Waals surface area contributed by atoms with Gasteiger partial charge in [-0.1, -0.05) is 30.0 Å². The average Bonchev–Trinajstić information content (AvgIpc) is 3.08. The molecule has 2 aromatic heterocycles. The van der Waals surface area contributed by atoms with Crippen molar-refractivity contribution < 1.29 is 14.7 Å². The van der Waals surface area contributed by atoms with Gasteiger partial charge >= 0.3 is 5.97 Å². The molecule has 1 N–H and O–H groups in total. The number of hydrogen-bond donors (Lipinski definition) is 1. The number of para-hydroxylation sites is 1. The average molecular weight is 372 g/mol. The fourth-order valence-corrected chi connectivity index (χ4v) is 4.36. The number of carboxylic acid groups (broad SMARTS) is 1. The van der Waals surface area contributed by atoms with Crippen LogP contribution in [0, 0.1) is 6.92 Å². The molecule has 0 unspecified atom stereocenters. The third-order valence-corrected chi connectivity index (χ3v) is 6.02. The maximum Gasteiger partial charge on any atom is 0.311 e. The van der Waals surface area contributed by atoms with Crippen LogP contribution in [0.3, 0.4) is 0 Å². The molecule has 0 bridgehead atoms. The number of carbonyl (C=O) groups is 2. The lowest BCUT2D eigenvalue weighted by atomic mass is 10.1. The largest absolute Gasteiger partial charge is 0.481 e. The van der Waals surface area contributed by atoms with Gasteiger partial charge in [0.05, 0.1) is 22.1 Å². The van der Waals surface area contributed by atoms with E-state index in [-0.39, 0.29) is 11.5 Å². The van der Waals surface area contributed by atoms with Gasteiger partial charge < -0.3 is 5.11 Å². The molecule has 0 spiro atoms. The topological polar surface area (TPSA) is 80.2 Å². The molecule has 1 atom stereocenters. The predicted octanol–water partition coefficient (Wildman–Crippen LogP) is 4.16. The van der Waals surface area contributed by atoms with E-state index in [2.05, 4.69) is 9.97 Å². The Balaban J connectivity index is 1.76. The Hall–Kier alpha value is -2.25. The van der Waals surface area contributed by atoms with Gasteiger partial charge in [-0.2, -0.15) is 0 Å². The molecule has 3 aromatic rings. The van der Waals surface area contributed by atoms with Gasteiger partial charge in [0.2, 0.25) is 0 Å². The monoisotopic (exact) mass is 372 g/mol. The molecular weight excluding hydrogens is 356 g/mol. The molecule has 0 fully saturated rings. The van der Waals surface area contributed by atoms with Gasteiger partial charge in [0, 0.05) is 10.3 Å². The van der Waals surface area contributed by atoms with E-state index in [0.29, 0.717) is 15.6 Å². The summed E-state index contributed by atoms with van der Waals surface area (Å²) in [6.07, 6.45) is 0. The normalized spacial score (nSPS) is 12.2. The number of carboxylic acids is 1. The number of aryl methyl sites for hydroxylation is 1. The minimum absolute atomic E-state index is 0.0285. The summed E-state index contributed by atoms with van der Waals surface area (Å²) >= 11 is 2.62. The van der Waals surface area contributed by atoms with Crippen LogP contribution in [0.5, 0.6) is 0 Å². The summed E-state index contributed by atoms with van der Waals surface area (Å²) in [7, 11) is 0. The maximum atomic E-state index is 12.4. The number of thiophene rings is 1. The maximum absolute atomic E-state index is 12.4. The smallest absolute Gasteiger partial charge is 0.311 e. The summed E-state index contributed by atoms with van der Waals surface area (Å²) in [5.41, 5.74) is 0.860. The lowest BCUT2D eigenvalue weighted by Crippen LogP contribution is -2.05. The molecule has 5 nitrogen and oxygen atoms in total. The van der Waals surface area contributed by atoms with Crippen LogP contribution in [-0.4, -0.2) is 32.6 Å². The van der Waals surface area contributed by atoms with E-state index in [1.54, 1.807) is 19.1 Å². The molecule has 3 rings (SSSR count). The molecule has 0 aliphatic heterocycles. The van der Waals surface area contributed by atoms with Crippen molar-refractivity contribution >= 4 is 45.8 Å². The number of nitrogens with zero attached hydrogens (tertiary/aromatic N) is 2. The van der Waals surface area contributed by atoms with E-state index in [9.17, 15) is 9.59 Å². The number of rotatable bonds is 6. The third-order valence-electron chi connectivity index (χ3n) is 3.72. The van der Waals surface area contributed by atoms with Crippen LogP contribution in [0.15, 0.2) is 41.4 Å². The third kappa shape index (κ3) is 3.88. The molecule has 0 saturated heterocycles. The summed E-state index contributed by atoms with van der Waals surface area (Å²) in [5, 5.41) is 10.8. The quantitative estimate of drug-likeness (QED) is 0.397. The SMILES string of the molecule is Cc1nc(SCC(=O)c2ccc([C@H](C)C(=O)O)s2)c2ccccc2n1. The second kappa shape index (κ2) is 7.33. The van der Waals surface area contributed by atoms with Crippen molar-refractivity contribution in [2.45, 2.75) is 24.8 Å². The highest BCUT2D eigenvalue weighted by atomic mass is 32.2. The van der Waals surface area contributed by atoms with Gasteiger partial charge in [-0.3, -0.25) is 9.59 Å². The van der Waals surface area contributed by atoms with Crippen molar-refractivity contribution in [1.29, 1.82) is 0 Å². The van der Waals surface area contributed by atoms with Gasteiger partial charge in [-0.15, -0.1) is 11.3 Å². The zero-order valence-electron chi connectivity index (χ0n) is 13.7. The van der Waals surface area contributed by atoms with Crippen molar-refractivity contribution in [3.63, 3.8) is 0 Å². The highest BCUT2D eigenvalue weighted by Gasteiger charge is 2.18. The first kappa shape index (κ1) is 17.6. The molecular formula is C18H16N2O3S2. The van der Waals surface area contributed by atoms with E-state index in [1.165, 1.54) is 23.1 Å². The lowest BCUT2D eigenvalue weighted by Gasteiger charge is -2.05. The molecule has 2 heterocycles. The summed E-state index contributed by atoms with van der Waals surface area (Å²) < 4.78 is 0. The van der Waals surface area contributed by atoms with E-state index >= 15 is 0 Å². The predicted molar refractivity (Wildman–Crippen MR) is 99.7 cm³/mol. The van der Waals surface area contributed by atoms with Gasteiger partial charge in [0.1, 0.15) is 10.9 Å². The molecule has 0 aliphatic rings. The van der Waals surface area contributed by atoms with E-state index in [1.807, 2.05) is 31.2 Å². The Bertz CT molecular complexity index is 952. The number of aliphatic carboxylic acids is 1. The standard InChI is InChI=1S/C18H16N2O3S2/c1-10(18(22)23)15-7-8-16(25-15)14(21)9-24-17-12-5-3-4-6-13(12)19-11(2)20-17/h3-8,10H,9H2,1-2H3,(H,22,23)/t10-/m0/s1. The first-order valence-electron chi connectivity index (χ1n) is 7.67. The molecule has 0 radical (unpaired) electrons. The highest BCUT2D eigenvalue weighted by molar-refractivity contribution is 8.00. The van der Waals surface area contributed by atoms with Crippen molar-refractivity contribution in [2.75, 3.05) is 5.75 Å². The van der Waals surface area contributed by atoms with E-state index in [0.717, 1.165) is 15.9 Å². The molecule has 1 aromatic carbocycles. The number of ketones is 1. The van der Waals surface area contributed by atoms with Crippen LogP contribution in [0.4, 0.5) is 0 Å². The van der Waals surface area contributed by atoms with Gasteiger partial charge in [-0.25, -0.2) is 9.97 Å². The Morgan fingerprint density at radius 2 is 1.96 bits per heavy atom. The summed E-state index contributed by atoms with van der Waals surface area (Å²) in [5.74, 6) is -0.602. The minimum Gasteiger partial charge on any atom is -0.481 e. The number of benzene rings is 1. The van der Waals surface area contributed by atoms with Crippen LogP contribution in [0.1, 0.15) is 33.2 Å². The highest BCUT2D eigenvalue weighted by Crippen LogP contribution is 2.29. The molecule has 0 aliphatic carbocycles. The lowest BCUT2D eigenvalue weighted by molar-refractivity contribution is -0.138. The Morgan fingerprint density at radius 1 is 1.20 bits per heavy atom.